The van der Waals surface area contributed by atoms with Gasteiger partial charge in [-0.15, -0.1) is 0 Å². The molecule has 2 heterocycles. The lowest BCUT2D eigenvalue weighted by Crippen LogP contribution is -2.25. The maximum Gasteiger partial charge on any atom is 0.0683 e. The third kappa shape index (κ3) is 5.81. The first-order valence-corrected chi connectivity index (χ1v) is 11.4. The van der Waals surface area contributed by atoms with Crippen molar-refractivity contribution in [1.29, 1.82) is 0 Å². The Morgan fingerprint density at radius 1 is 1.05 bits per heavy atom. The van der Waals surface area contributed by atoms with Gasteiger partial charge in [0.25, 0.3) is 0 Å². The second-order valence-electron chi connectivity index (χ2n) is 6.44. The van der Waals surface area contributed by atoms with Crippen molar-refractivity contribution in [2.75, 3.05) is 5.75 Å². The first kappa shape index (κ1) is 18.2. The van der Waals surface area contributed by atoms with Crippen molar-refractivity contribution in [2.45, 2.75) is 82.3 Å². The van der Waals surface area contributed by atoms with Crippen LogP contribution in [0.3, 0.4) is 0 Å². The van der Waals surface area contributed by atoms with Gasteiger partial charge in [0.2, 0.25) is 0 Å². The molecule has 0 spiro atoms. The molecule has 124 valence electrons. The van der Waals surface area contributed by atoms with Gasteiger partial charge in [0.1, 0.15) is 0 Å². The Bertz CT molecular complexity index is 388. The van der Waals surface area contributed by atoms with E-state index in [1.54, 1.807) is 0 Å². The van der Waals surface area contributed by atoms with E-state index in [2.05, 4.69) is 45.6 Å². The molecule has 3 heteroatoms. The van der Waals surface area contributed by atoms with Gasteiger partial charge in [-0.1, -0.05) is 85.9 Å². The Hall–Kier alpha value is -0.150. The fourth-order valence-electron chi connectivity index (χ4n) is 3.25. The molecule has 1 aliphatic heterocycles. The number of rotatable bonds is 10. The Morgan fingerprint density at radius 3 is 2.45 bits per heavy atom. The van der Waals surface area contributed by atoms with Crippen LogP contribution in [0.15, 0.2) is 24.4 Å². The molecule has 0 saturated carbocycles. The van der Waals surface area contributed by atoms with Gasteiger partial charge in [-0.05, 0) is 31.4 Å². The summed E-state index contributed by atoms with van der Waals surface area (Å²) < 4.78 is 0.284. The third-order valence-corrected chi connectivity index (χ3v) is 7.91. The largest absolute Gasteiger partial charge is 0.260 e. The average molecular weight is 338 g/mol. The molecule has 1 nitrogen and oxygen atoms in total. The molecule has 1 unspecified atom stereocenters. The SMILES string of the molecule is CCCCCCCCCCC1(c2ccccn2)CCCSS1. The van der Waals surface area contributed by atoms with Crippen molar-refractivity contribution in [1.82, 2.24) is 4.98 Å². The highest BCUT2D eigenvalue weighted by Gasteiger charge is 2.36. The summed E-state index contributed by atoms with van der Waals surface area (Å²) in [6.07, 6.45) is 17.1. The normalized spacial score (nSPS) is 21.9. The Balaban J connectivity index is 1.74. The molecular weight excluding hydrogens is 306 g/mol. The number of hydrogen-bond donors (Lipinski definition) is 0. The number of pyridine rings is 1. The van der Waals surface area contributed by atoms with Crippen LogP contribution in [0, 0.1) is 0 Å². The van der Waals surface area contributed by atoms with Crippen LogP contribution in [-0.4, -0.2) is 10.7 Å². The van der Waals surface area contributed by atoms with Crippen molar-refractivity contribution in [2.24, 2.45) is 0 Å². The monoisotopic (exact) mass is 337 g/mol. The summed E-state index contributed by atoms with van der Waals surface area (Å²) in [5.41, 5.74) is 1.31. The van der Waals surface area contributed by atoms with Gasteiger partial charge in [-0.25, -0.2) is 0 Å². The minimum Gasteiger partial charge on any atom is -0.260 e. The second kappa shape index (κ2) is 10.6. The van der Waals surface area contributed by atoms with E-state index >= 15 is 0 Å². The molecule has 0 aliphatic carbocycles. The van der Waals surface area contributed by atoms with Gasteiger partial charge in [0, 0.05) is 11.9 Å². The van der Waals surface area contributed by atoms with Crippen molar-refractivity contribution >= 4 is 21.6 Å². The molecule has 2 rings (SSSR count). The van der Waals surface area contributed by atoms with Crippen LogP contribution < -0.4 is 0 Å². The van der Waals surface area contributed by atoms with Crippen molar-refractivity contribution in [3.8, 4) is 0 Å². The van der Waals surface area contributed by atoms with Gasteiger partial charge in [-0.3, -0.25) is 4.98 Å². The van der Waals surface area contributed by atoms with Crippen LogP contribution in [0.4, 0.5) is 0 Å². The molecule has 1 aromatic rings. The molecule has 0 amide bonds. The fourth-order valence-corrected chi connectivity index (χ4v) is 6.52. The molecule has 1 atom stereocenters. The zero-order valence-corrected chi connectivity index (χ0v) is 15.7. The summed E-state index contributed by atoms with van der Waals surface area (Å²) in [5, 5.41) is 0. The lowest BCUT2D eigenvalue weighted by atomic mass is 9.91. The molecule has 0 radical (unpaired) electrons. The minimum absolute atomic E-state index is 0.284. The van der Waals surface area contributed by atoms with Crippen LogP contribution in [0.25, 0.3) is 0 Å². The topological polar surface area (TPSA) is 12.9 Å². The molecule has 22 heavy (non-hydrogen) atoms. The predicted octanol–water partition coefficient (Wildman–Crippen LogP) is 6.98. The molecule has 0 aromatic carbocycles. The van der Waals surface area contributed by atoms with Crippen molar-refractivity contribution < 1.29 is 0 Å². The highest BCUT2D eigenvalue weighted by Crippen LogP contribution is 2.53. The standard InChI is InChI=1S/C19H31NS2/c1-2-3-4-5-6-7-8-10-14-19(15-12-17-21-22-19)18-13-9-11-16-20-18/h9,11,13,16H,2-8,10,12,14-15,17H2,1H3. The maximum atomic E-state index is 4.69. The van der Waals surface area contributed by atoms with Crippen molar-refractivity contribution in [3.05, 3.63) is 30.1 Å². The molecule has 0 bridgehead atoms. The number of hydrogen-bond acceptors (Lipinski definition) is 3. The molecule has 1 aromatic heterocycles. The number of unbranched alkanes of at least 4 members (excludes halogenated alkanes) is 7. The molecule has 1 fully saturated rings. The molecular formula is C19H31NS2. The smallest absolute Gasteiger partial charge is 0.0683 e. The third-order valence-electron chi connectivity index (χ3n) is 4.59. The van der Waals surface area contributed by atoms with Crippen LogP contribution in [0.2, 0.25) is 0 Å². The summed E-state index contributed by atoms with van der Waals surface area (Å²) in [6.45, 7) is 2.29. The molecule has 1 saturated heterocycles. The van der Waals surface area contributed by atoms with E-state index in [-0.39, 0.29) is 4.75 Å². The summed E-state index contributed by atoms with van der Waals surface area (Å²) in [6, 6.07) is 6.43. The number of nitrogens with zero attached hydrogens (tertiary/aromatic N) is 1. The van der Waals surface area contributed by atoms with Crippen LogP contribution in [0.1, 0.15) is 83.2 Å². The Kier molecular flexibility index (Phi) is 8.76. The predicted molar refractivity (Wildman–Crippen MR) is 102 cm³/mol. The zero-order valence-electron chi connectivity index (χ0n) is 14.1. The lowest BCUT2D eigenvalue weighted by molar-refractivity contribution is 0.466. The van der Waals surface area contributed by atoms with Crippen LogP contribution in [0.5, 0.6) is 0 Å². The van der Waals surface area contributed by atoms with E-state index in [0.717, 1.165) is 0 Å². The average Bonchev–Trinajstić information content (AvgIpc) is 2.59. The van der Waals surface area contributed by atoms with E-state index in [4.69, 9.17) is 0 Å². The van der Waals surface area contributed by atoms with Crippen LogP contribution >= 0.6 is 21.6 Å². The highest BCUT2D eigenvalue weighted by atomic mass is 33.1. The van der Waals surface area contributed by atoms with Gasteiger partial charge in [0.05, 0.1) is 10.4 Å². The quantitative estimate of drug-likeness (QED) is 0.337. The Morgan fingerprint density at radius 2 is 1.82 bits per heavy atom. The summed E-state index contributed by atoms with van der Waals surface area (Å²) in [4.78, 5) is 4.69. The summed E-state index contributed by atoms with van der Waals surface area (Å²) in [7, 11) is 4.14. The van der Waals surface area contributed by atoms with E-state index in [1.165, 1.54) is 82.1 Å². The zero-order chi connectivity index (χ0) is 15.5. The van der Waals surface area contributed by atoms with Gasteiger partial charge >= 0.3 is 0 Å². The van der Waals surface area contributed by atoms with E-state index < -0.39 is 0 Å². The first-order valence-electron chi connectivity index (χ1n) is 9.09. The Labute approximate surface area is 144 Å². The summed E-state index contributed by atoms with van der Waals surface area (Å²) >= 11 is 0. The second-order valence-corrected chi connectivity index (χ2v) is 9.24. The lowest BCUT2D eigenvalue weighted by Gasteiger charge is -2.35. The van der Waals surface area contributed by atoms with Gasteiger partial charge in [0.15, 0.2) is 0 Å². The van der Waals surface area contributed by atoms with Crippen LogP contribution in [-0.2, 0) is 4.75 Å². The highest BCUT2D eigenvalue weighted by molar-refractivity contribution is 8.77. The van der Waals surface area contributed by atoms with E-state index in [9.17, 15) is 0 Å². The number of aromatic nitrogens is 1. The first-order chi connectivity index (χ1) is 10.9. The van der Waals surface area contributed by atoms with E-state index in [0.29, 0.717) is 0 Å². The van der Waals surface area contributed by atoms with E-state index in [1.807, 2.05) is 12.3 Å². The minimum atomic E-state index is 0.284. The maximum absolute atomic E-state index is 4.69. The fraction of sp³-hybridized carbons (Fsp3) is 0.737. The van der Waals surface area contributed by atoms with Gasteiger partial charge in [-0.2, -0.15) is 0 Å². The molecule has 0 N–H and O–H groups in total. The van der Waals surface area contributed by atoms with Gasteiger partial charge < -0.3 is 0 Å². The van der Waals surface area contributed by atoms with Crippen molar-refractivity contribution in [3.63, 3.8) is 0 Å². The molecule has 1 aliphatic rings. The summed E-state index contributed by atoms with van der Waals surface area (Å²) in [5.74, 6) is 1.30.